The second-order valence-corrected chi connectivity index (χ2v) is 12.5. The summed E-state index contributed by atoms with van der Waals surface area (Å²) in [4.78, 5) is 62.5. The second-order valence-electron chi connectivity index (χ2n) is 12.5. The van der Waals surface area contributed by atoms with Crippen molar-refractivity contribution in [3.8, 4) is 5.75 Å². The fraction of sp³-hybridized carbons (Fsp3) is 0.438. The Morgan fingerprint density at radius 3 is 2.62 bits per heavy atom. The van der Waals surface area contributed by atoms with Gasteiger partial charge in [-0.1, -0.05) is 20.8 Å². The maximum absolute atomic E-state index is 13.8. The highest BCUT2D eigenvalue weighted by Gasteiger charge is 2.42. The zero-order chi connectivity index (χ0) is 32.5. The molecule has 0 aliphatic carbocycles. The molecule has 1 aromatic heterocycles. The number of nitrogens with zero attached hydrogens (tertiary/aromatic N) is 3. The van der Waals surface area contributed by atoms with E-state index in [4.69, 9.17) is 4.74 Å². The number of methoxy groups -OCH3 is 1. The third-order valence-corrected chi connectivity index (χ3v) is 8.27. The van der Waals surface area contributed by atoms with Gasteiger partial charge in [0.25, 0.3) is 0 Å². The maximum Gasteiger partial charge on any atom is 0.247 e. The molecule has 13 nitrogen and oxygen atoms in total. The Balaban J connectivity index is 1.39. The van der Waals surface area contributed by atoms with Gasteiger partial charge in [-0.2, -0.15) is 0 Å². The van der Waals surface area contributed by atoms with Crippen molar-refractivity contribution in [2.24, 2.45) is 5.41 Å². The smallest absolute Gasteiger partial charge is 0.247 e. The average molecular weight is 617 g/mol. The minimum Gasteiger partial charge on any atom is -0.494 e. The van der Waals surface area contributed by atoms with Gasteiger partial charge < -0.3 is 36.2 Å². The Hall–Kier alpha value is -4.78. The normalized spacial score (nSPS) is 17.3. The Kier molecular flexibility index (Phi) is 8.91. The van der Waals surface area contributed by atoms with E-state index < -0.39 is 23.5 Å². The van der Waals surface area contributed by atoms with Gasteiger partial charge >= 0.3 is 0 Å². The molecule has 2 aromatic carbocycles. The topological polar surface area (TPSA) is 167 Å². The second kappa shape index (κ2) is 12.7. The van der Waals surface area contributed by atoms with Crippen molar-refractivity contribution >= 4 is 57.4 Å². The first-order chi connectivity index (χ1) is 21.4. The number of likely N-dealkylation sites (N-methyl/N-ethyl adjacent to an activating group) is 1. The lowest BCUT2D eigenvalue weighted by molar-refractivity contribution is -0.143. The number of amides is 4. The van der Waals surface area contributed by atoms with E-state index in [1.165, 1.54) is 13.4 Å². The number of carbonyl (C=O) groups is 4. The molecule has 3 aromatic rings. The predicted octanol–water partition coefficient (Wildman–Crippen LogP) is 2.94. The first-order valence-electron chi connectivity index (χ1n) is 15.0. The van der Waals surface area contributed by atoms with E-state index in [2.05, 4.69) is 36.6 Å². The number of anilines is 4. The minimum atomic E-state index is -0.816. The van der Waals surface area contributed by atoms with Crippen LogP contribution in [0.15, 0.2) is 36.7 Å². The molecule has 4 amide bonds. The number of ether oxygens (including phenoxy) is 1. The molecule has 0 radical (unpaired) electrons. The van der Waals surface area contributed by atoms with Gasteiger partial charge in [0.1, 0.15) is 30.0 Å². The van der Waals surface area contributed by atoms with Crippen molar-refractivity contribution in [1.82, 2.24) is 25.5 Å². The van der Waals surface area contributed by atoms with E-state index in [0.717, 1.165) is 16.9 Å². The molecule has 45 heavy (non-hydrogen) atoms. The summed E-state index contributed by atoms with van der Waals surface area (Å²) in [7, 11) is 3.18. The monoisotopic (exact) mass is 616 g/mol. The van der Waals surface area contributed by atoms with E-state index in [1.54, 1.807) is 31.0 Å². The SMILES string of the molecule is CNC(C)C(=O)NC(C(=O)N1CCCC1C(=O)Nc1cc2c(Nc3ccc4c(c3)CC(=O)N4)ncnc2cc1OC)C(C)(C)C. The van der Waals surface area contributed by atoms with Gasteiger partial charge in [0, 0.05) is 29.4 Å². The number of likely N-dealkylation sites (tertiary alicyclic amines) is 1. The molecule has 5 rings (SSSR count). The zero-order valence-electron chi connectivity index (χ0n) is 26.4. The lowest BCUT2D eigenvalue weighted by atomic mass is 9.85. The number of nitrogens with one attached hydrogen (secondary N) is 5. The Morgan fingerprint density at radius 2 is 1.91 bits per heavy atom. The summed E-state index contributed by atoms with van der Waals surface area (Å²) in [5.41, 5.74) is 2.84. The zero-order valence-corrected chi connectivity index (χ0v) is 26.4. The average Bonchev–Trinajstić information content (AvgIpc) is 3.64. The van der Waals surface area contributed by atoms with Crippen LogP contribution in [0.25, 0.3) is 10.9 Å². The first-order valence-corrected chi connectivity index (χ1v) is 15.0. The summed E-state index contributed by atoms with van der Waals surface area (Å²) < 4.78 is 5.60. The van der Waals surface area contributed by atoms with Crippen LogP contribution in [0.4, 0.5) is 22.9 Å². The van der Waals surface area contributed by atoms with Gasteiger partial charge in [-0.3, -0.25) is 19.2 Å². The highest BCUT2D eigenvalue weighted by Crippen LogP contribution is 2.35. The Labute approximate surface area is 261 Å². The number of rotatable bonds is 9. The van der Waals surface area contributed by atoms with Gasteiger partial charge in [-0.05, 0) is 62.1 Å². The van der Waals surface area contributed by atoms with Crippen molar-refractivity contribution < 1.29 is 23.9 Å². The molecule has 5 N–H and O–H groups in total. The number of aromatic nitrogens is 2. The standard InChI is InChI=1S/C32H40N8O5/c1-17(33-5)29(42)39-27(32(2,3)4)31(44)40-11-7-8-24(40)30(43)38-23-14-20-22(15-25(23)45-6)34-16-35-28(20)36-19-9-10-21-18(12-19)13-26(41)37-21/h9-10,12,14-17,24,27,33H,7-8,11,13H2,1-6H3,(H,37,41)(H,38,43)(H,39,42)(H,34,35,36). The largest absolute Gasteiger partial charge is 0.494 e. The van der Waals surface area contributed by atoms with E-state index in [1.807, 2.05) is 39.0 Å². The Bertz CT molecular complexity index is 1650. The quantitative estimate of drug-likeness (QED) is 0.243. The molecule has 3 unspecified atom stereocenters. The van der Waals surface area contributed by atoms with Crippen LogP contribution in [0.5, 0.6) is 5.75 Å². The number of benzene rings is 2. The molecular formula is C32H40N8O5. The molecule has 0 saturated carbocycles. The highest BCUT2D eigenvalue weighted by atomic mass is 16.5. The maximum atomic E-state index is 13.8. The summed E-state index contributed by atoms with van der Waals surface area (Å²) in [6.07, 6.45) is 2.88. The van der Waals surface area contributed by atoms with Crippen LogP contribution < -0.4 is 31.3 Å². The van der Waals surface area contributed by atoms with Crippen molar-refractivity contribution in [2.75, 3.05) is 36.7 Å². The lowest BCUT2D eigenvalue weighted by Crippen LogP contribution is -2.59. The molecule has 2 aliphatic heterocycles. The highest BCUT2D eigenvalue weighted by molar-refractivity contribution is 6.03. The molecule has 3 heterocycles. The molecule has 2 aliphatic rings. The van der Waals surface area contributed by atoms with E-state index in [-0.39, 0.29) is 23.6 Å². The first kappa shape index (κ1) is 31.6. The van der Waals surface area contributed by atoms with Crippen LogP contribution >= 0.6 is 0 Å². The molecule has 1 saturated heterocycles. The summed E-state index contributed by atoms with van der Waals surface area (Å²) in [5, 5.41) is 15.5. The van der Waals surface area contributed by atoms with E-state index >= 15 is 0 Å². The van der Waals surface area contributed by atoms with E-state index in [9.17, 15) is 19.2 Å². The van der Waals surface area contributed by atoms with Crippen molar-refractivity contribution in [3.63, 3.8) is 0 Å². The summed E-state index contributed by atoms with van der Waals surface area (Å²) >= 11 is 0. The van der Waals surface area contributed by atoms with Crippen LogP contribution in [0, 0.1) is 5.41 Å². The summed E-state index contributed by atoms with van der Waals surface area (Å²) in [6.45, 7) is 7.78. The fourth-order valence-corrected chi connectivity index (χ4v) is 5.63. The fourth-order valence-electron chi connectivity index (χ4n) is 5.63. The number of hydrogen-bond donors (Lipinski definition) is 5. The molecule has 3 atom stereocenters. The molecule has 1 fully saturated rings. The van der Waals surface area contributed by atoms with Crippen LogP contribution in [-0.2, 0) is 25.6 Å². The van der Waals surface area contributed by atoms with Crippen LogP contribution in [0.2, 0.25) is 0 Å². The lowest BCUT2D eigenvalue weighted by Gasteiger charge is -2.36. The molecule has 0 bridgehead atoms. The van der Waals surface area contributed by atoms with Gasteiger partial charge in [-0.25, -0.2) is 9.97 Å². The van der Waals surface area contributed by atoms with Gasteiger partial charge in [0.2, 0.25) is 23.6 Å². The molecule has 238 valence electrons. The van der Waals surface area contributed by atoms with Crippen molar-refractivity contribution in [2.45, 2.75) is 65.1 Å². The van der Waals surface area contributed by atoms with Gasteiger partial charge in [0.05, 0.1) is 30.8 Å². The van der Waals surface area contributed by atoms with Crippen LogP contribution in [0.3, 0.4) is 0 Å². The van der Waals surface area contributed by atoms with Crippen LogP contribution in [0.1, 0.15) is 46.1 Å². The van der Waals surface area contributed by atoms with Gasteiger partial charge in [-0.15, -0.1) is 0 Å². The van der Waals surface area contributed by atoms with Crippen LogP contribution in [-0.4, -0.2) is 77.3 Å². The minimum absolute atomic E-state index is 0.0493. The number of hydrogen-bond acceptors (Lipinski definition) is 9. The van der Waals surface area contributed by atoms with Gasteiger partial charge in [0.15, 0.2) is 0 Å². The molecular weight excluding hydrogens is 576 g/mol. The van der Waals surface area contributed by atoms with E-state index in [0.29, 0.717) is 54.0 Å². The molecule has 0 spiro atoms. The summed E-state index contributed by atoms with van der Waals surface area (Å²) in [6, 6.07) is 7.02. The van der Waals surface area contributed by atoms with Crippen molar-refractivity contribution in [3.05, 3.63) is 42.2 Å². The van der Waals surface area contributed by atoms with Crippen molar-refractivity contribution in [1.29, 1.82) is 0 Å². The molecule has 13 heteroatoms. The Morgan fingerprint density at radius 1 is 1.13 bits per heavy atom. The predicted molar refractivity (Wildman–Crippen MR) is 171 cm³/mol. The third kappa shape index (κ3) is 6.68. The summed E-state index contributed by atoms with van der Waals surface area (Å²) in [5.74, 6) is -0.0844. The number of fused-ring (bicyclic) bond motifs is 2. The third-order valence-electron chi connectivity index (χ3n) is 8.27. The number of carbonyl (C=O) groups excluding carboxylic acids is 4.